The molecular weight excluding hydrogens is 156 g/mol. The number of aromatic amines is 1. The summed E-state index contributed by atoms with van der Waals surface area (Å²) >= 11 is 0. The van der Waals surface area contributed by atoms with Gasteiger partial charge in [-0.2, -0.15) is 0 Å². The molecule has 1 N–H and O–H groups in total. The molecule has 0 fully saturated rings. The Bertz CT molecular complexity index is 375. The second-order valence-corrected chi connectivity index (χ2v) is 2.73. The Hall–Kier alpha value is -1.32. The fourth-order valence-corrected chi connectivity index (χ4v) is 1.06. The lowest BCUT2D eigenvalue weighted by Crippen LogP contribution is -2.34. The molecule has 4 heteroatoms. The van der Waals surface area contributed by atoms with E-state index in [4.69, 9.17) is 0 Å². The Morgan fingerprint density at radius 2 is 2.17 bits per heavy atom. The van der Waals surface area contributed by atoms with Gasteiger partial charge in [0.05, 0.1) is 0 Å². The van der Waals surface area contributed by atoms with Gasteiger partial charge in [-0.25, -0.2) is 4.79 Å². The second-order valence-electron chi connectivity index (χ2n) is 2.73. The van der Waals surface area contributed by atoms with Gasteiger partial charge in [0.25, 0.3) is 5.56 Å². The third kappa shape index (κ3) is 1.47. The van der Waals surface area contributed by atoms with Crippen molar-refractivity contribution < 1.29 is 0 Å². The molecule has 0 amide bonds. The Balaban J connectivity index is 3.27. The van der Waals surface area contributed by atoms with Crippen molar-refractivity contribution in [1.29, 1.82) is 0 Å². The van der Waals surface area contributed by atoms with Gasteiger partial charge in [-0.3, -0.25) is 9.36 Å². The molecule has 0 saturated heterocycles. The number of nitrogens with one attached hydrogen (secondary N) is 1. The van der Waals surface area contributed by atoms with Gasteiger partial charge < -0.3 is 4.98 Å². The lowest BCUT2D eigenvalue weighted by atomic mass is 10.2. The molecular formula is C8H12N2O2. The molecule has 1 aromatic rings. The minimum absolute atomic E-state index is 0.194. The molecule has 0 saturated carbocycles. The summed E-state index contributed by atoms with van der Waals surface area (Å²) in [5.41, 5.74) is 0.111. The van der Waals surface area contributed by atoms with Crippen molar-refractivity contribution in [2.45, 2.75) is 19.8 Å². The van der Waals surface area contributed by atoms with E-state index in [1.165, 1.54) is 13.2 Å². The first-order chi connectivity index (χ1) is 5.66. The third-order valence-electron chi connectivity index (χ3n) is 1.77. The highest BCUT2D eigenvalue weighted by atomic mass is 16.2. The summed E-state index contributed by atoms with van der Waals surface area (Å²) in [6.07, 6.45) is 3.11. The van der Waals surface area contributed by atoms with E-state index in [0.29, 0.717) is 12.0 Å². The number of rotatable bonds is 2. The summed E-state index contributed by atoms with van der Waals surface area (Å²) < 4.78 is 1.09. The number of aryl methyl sites for hydroxylation is 1. The molecule has 66 valence electrons. The van der Waals surface area contributed by atoms with E-state index in [2.05, 4.69) is 4.98 Å². The van der Waals surface area contributed by atoms with Gasteiger partial charge in [0, 0.05) is 18.8 Å². The first-order valence-electron chi connectivity index (χ1n) is 3.94. The lowest BCUT2D eigenvalue weighted by Gasteiger charge is -1.99. The zero-order valence-corrected chi connectivity index (χ0v) is 7.26. The Labute approximate surface area is 69.9 Å². The highest BCUT2D eigenvalue weighted by Crippen LogP contribution is 1.90. The fourth-order valence-electron chi connectivity index (χ4n) is 1.06. The van der Waals surface area contributed by atoms with Crippen molar-refractivity contribution in [3.8, 4) is 0 Å². The Kier molecular flexibility index (Phi) is 2.47. The topological polar surface area (TPSA) is 54.9 Å². The molecule has 0 aliphatic heterocycles. The van der Waals surface area contributed by atoms with Gasteiger partial charge in [0.15, 0.2) is 0 Å². The van der Waals surface area contributed by atoms with E-state index >= 15 is 0 Å². The predicted molar refractivity (Wildman–Crippen MR) is 46.3 cm³/mol. The van der Waals surface area contributed by atoms with E-state index in [1.807, 2.05) is 6.92 Å². The van der Waals surface area contributed by atoms with E-state index in [9.17, 15) is 9.59 Å². The minimum Gasteiger partial charge on any atom is -0.314 e. The average Bonchev–Trinajstić information content (AvgIpc) is 2.07. The number of aromatic nitrogens is 2. The van der Waals surface area contributed by atoms with Crippen LogP contribution >= 0.6 is 0 Å². The molecule has 0 aliphatic carbocycles. The van der Waals surface area contributed by atoms with Crippen molar-refractivity contribution in [2.24, 2.45) is 7.05 Å². The van der Waals surface area contributed by atoms with Crippen molar-refractivity contribution in [1.82, 2.24) is 9.55 Å². The van der Waals surface area contributed by atoms with Gasteiger partial charge in [0.2, 0.25) is 0 Å². The largest absolute Gasteiger partial charge is 0.328 e. The smallest absolute Gasteiger partial charge is 0.314 e. The van der Waals surface area contributed by atoms with Gasteiger partial charge >= 0.3 is 5.69 Å². The van der Waals surface area contributed by atoms with Crippen molar-refractivity contribution in [3.05, 3.63) is 32.6 Å². The zero-order chi connectivity index (χ0) is 9.14. The quantitative estimate of drug-likeness (QED) is 0.677. The maximum Gasteiger partial charge on any atom is 0.328 e. The van der Waals surface area contributed by atoms with Crippen LogP contribution in [0.15, 0.2) is 15.8 Å². The first-order valence-corrected chi connectivity index (χ1v) is 3.94. The number of H-pyrrole nitrogens is 1. The maximum atomic E-state index is 11.3. The maximum absolute atomic E-state index is 11.3. The molecule has 0 spiro atoms. The Morgan fingerprint density at radius 3 is 2.75 bits per heavy atom. The average molecular weight is 168 g/mol. The molecule has 0 bridgehead atoms. The molecule has 0 aromatic carbocycles. The predicted octanol–water partition coefficient (Wildman–Crippen LogP) is 0.0261. The zero-order valence-electron chi connectivity index (χ0n) is 7.26. The second kappa shape index (κ2) is 3.38. The summed E-state index contributed by atoms with van der Waals surface area (Å²) in [5.74, 6) is 0. The van der Waals surface area contributed by atoms with E-state index in [-0.39, 0.29) is 11.2 Å². The van der Waals surface area contributed by atoms with Crippen LogP contribution in [0.4, 0.5) is 0 Å². The van der Waals surface area contributed by atoms with Gasteiger partial charge in [-0.15, -0.1) is 0 Å². The molecule has 1 heterocycles. The molecule has 4 nitrogen and oxygen atoms in total. The van der Waals surface area contributed by atoms with Crippen LogP contribution in [0.5, 0.6) is 0 Å². The molecule has 1 aromatic heterocycles. The van der Waals surface area contributed by atoms with E-state index < -0.39 is 0 Å². The summed E-state index contributed by atoms with van der Waals surface area (Å²) in [5, 5.41) is 0. The standard InChI is InChI=1S/C8H12N2O2/c1-3-4-6-5-9-8(12)10(2)7(6)11/h5H,3-4H2,1-2H3,(H,9,12). The molecule has 0 aliphatic rings. The normalized spacial score (nSPS) is 10.2. The third-order valence-corrected chi connectivity index (χ3v) is 1.77. The molecule has 0 unspecified atom stereocenters. The SMILES string of the molecule is CCCc1c[nH]c(=O)n(C)c1=O. The molecule has 1 rings (SSSR count). The van der Waals surface area contributed by atoms with Crippen molar-refractivity contribution in [3.63, 3.8) is 0 Å². The monoisotopic (exact) mass is 168 g/mol. The summed E-state index contributed by atoms with van der Waals surface area (Å²) in [7, 11) is 1.47. The first kappa shape index (κ1) is 8.77. The molecule has 0 radical (unpaired) electrons. The van der Waals surface area contributed by atoms with Crippen molar-refractivity contribution in [2.75, 3.05) is 0 Å². The van der Waals surface area contributed by atoms with Crippen molar-refractivity contribution >= 4 is 0 Å². The van der Waals surface area contributed by atoms with Crippen LogP contribution in [0.25, 0.3) is 0 Å². The van der Waals surface area contributed by atoms with Crippen LogP contribution in [-0.4, -0.2) is 9.55 Å². The summed E-state index contributed by atoms with van der Waals surface area (Å²) in [6, 6.07) is 0. The van der Waals surface area contributed by atoms with Crippen LogP contribution in [0.3, 0.4) is 0 Å². The van der Waals surface area contributed by atoms with Gasteiger partial charge in [0.1, 0.15) is 0 Å². The molecule has 12 heavy (non-hydrogen) atoms. The number of nitrogens with zero attached hydrogens (tertiary/aromatic N) is 1. The lowest BCUT2D eigenvalue weighted by molar-refractivity contribution is 0.742. The van der Waals surface area contributed by atoms with Crippen LogP contribution in [0.2, 0.25) is 0 Å². The number of hydrogen-bond acceptors (Lipinski definition) is 2. The van der Waals surface area contributed by atoms with Crippen LogP contribution in [-0.2, 0) is 13.5 Å². The highest BCUT2D eigenvalue weighted by Gasteiger charge is 2.01. The minimum atomic E-state index is -0.361. The van der Waals surface area contributed by atoms with Crippen LogP contribution < -0.4 is 11.2 Å². The summed E-state index contributed by atoms with van der Waals surface area (Å²) in [4.78, 5) is 24.7. The van der Waals surface area contributed by atoms with Crippen LogP contribution in [0.1, 0.15) is 18.9 Å². The fraction of sp³-hybridized carbons (Fsp3) is 0.500. The number of hydrogen-bond donors (Lipinski definition) is 1. The molecule has 0 atom stereocenters. The van der Waals surface area contributed by atoms with Crippen LogP contribution in [0, 0.1) is 0 Å². The summed E-state index contributed by atoms with van der Waals surface area (Å²) in [6.45, 7) is 1.99. The highest BCUT2D eigenvalue weighted by molar-refractivity contribution is 5.03. The van der Waals surface area contributed by atoms with E-state index in [0.717, 1.165) is 11.0 Å². The van der Waals surface area contributed by atoms with Gasteiger partial charge in [-0.1, -0.05) is 13.3 Å². The van der Waals surface area contributed by atoms with E-state index in [1.54, 1.807) is 0 Å². The Morgan fingerprint density at radius 1 is 1.50 bits per heavy atom. The van der Waals surface area contributed by atoms with Gasteiger partial charge in [-0.05, 0) is 6.42 Å².